The van der Waals surface area contributed by atoms with E-state index in [0.717, 1.165) is 39.1 Å². The molecule has 0 aliphatic rings. The molecule has 3 heteroatoms. The number of nitrogen functional groups attached to an aromatic ring is 1. The van der Waals surface area contributed by atoms with Gasteiger partial charge in [0.25, 0.3) is 0 Å². The fourth-order valence-corrected chi connectivity index (χ4v) is 2.17. The van der Waals surface area contributed by atoms with Crippen LogP contribution in [0.25, 0.3) is 22.2 Å². The van der Waals surface area contributed by atoms with Crippen LogP contribution in [-0.4, -0.2) is 9.97 Å². The molecule has 2 heterocycles. The number of pyridine rings is 2. The van der Waals surface area contributed by atoms with Crippen LogP contribution < -0.4 is 5.73 Å². The summed E-state index contributed by atoms with van der Waals surface area (Å²) in [5.74, 6) is 0. The molecule has 0 saturated heterocycles. The molecule has 0 aliphatic carbocycles. The van der Waals surface area contributed by atoms with Crippen molar-refractivity contribution >= 4 is 16.6 Å². The van der Waals surface area contributed by atoms with Crippen molar-refractivity contribution in [2.75, 3.05) is 5.73 Å². The number of nitrogens with two attached hydrogens (primary N) is 1. The number of benzene rings is 1. The van der Waals surface area contributed by atoms with Crippen molar-refractivity contribution in [1.82, 2.24) is 9.97 Å². The highest BCUT2D eigenvalue weighted by atomic mass is 14.7. The Kier molecular flexibility index (Phi) is 2.67. The maximum Gasteiger partial charge on any atom is 0.0934 e. The zero-order valence-electron chi connectivity index (χ0n) is 11.0. The molecule has 0 unspecified atom stereocenters. The summed E-state index contributed by atoms with van der Waals surface area (Å²) in [6.07, 6.45) is 1.79. The topological polar surface area (TPSA) is 51.8 Å². The second-order valence-corrected chi connectivity index (χ2v) is 4.75. The number of fused-ring (bicyclic) bond motifs is 1. The number of aryl methyl sites for hydroxylation is 2. The molecule has 2 aromatic heterocycles. The van der Waals surface area contributed by atoms with E-state index in [1.54, 1.807) is 6.20 Å². The molecule has 2 N–H and O–H groups in total. The third-order valence-electron chi connectivity index (χ3n) is 3.31. The number of aromatic nitrogens is 2. The van der Waals surface area contributed by atoms with Crippen molar-refractivity contribution in [3.8, 4) is 11.3 Å². The third-order valence-corrected chi connectivity index (χ3v) is 3.31. The van der Waals surface area contributed by atoms with Crippen LogP contribution in [-0.2, 0) is 0 Å². The minimum atomic E-state index is 0.738. The highest BCUT2D eigenvalue weighted by molar-refractivity contribution is 5.86. The Morgan fingerprint density at radius 2 is 1.84 bits per heavy atom. The molecule has 0 atom stereocenters. The van der Waals surface area contributed by atoms with E-state index in [1.165, 1.54) is 0 Å². The van der Waals surface area contributed by atoms with Crippen LogP contribution in [0.3, 0.4) is 0 Å². The summed E-state index contributed by atoms with van der Waals surface area (Å²) >= 11 is 0. The van der Waals surface area contributed by atoms with Gasteiger partial charge in [0.2, 0.25) is 0 Å². The van der Waals surface area contributed by atoms with Gasteiger partial charge in [-0.1, -0.05) is 12.1 Å². The normalized spacial score (nSPS) is 10.8. The van der Waals surface area contributed by atoms with E-state index in [-0.39, 0.29) is 0 Å². The summed E-state index contributed by atoms with van der Waals surface area (Å²) in [7, 11) is 0. The van der Waals surface area contributed by atoms with Crippen LogP contribution in [0.4, 0.5) is 5.69 Å². The van der Waals surface area contributed by atoms with E-state index < -0.39 is 0 Å². The minimum absolute atomic E-state index is 0.738. The second-order valence-electron chi connectivity index (χ2n) is 4.75. The van der Waals surface area contributed by atoms with E-state index in [2.05, 4.69) is 22.1 Å². The van der Waals surface area contributed by atoms with E-state index in [4.69, 9.17) is 5.73 Å². The fraction of sp³-hybridized carbons (Fsp3) is 0.125. The van der Waals surface area contributed by atoms with E-state index in [0.29, 0.717) is 0 Å². The molecule has 3 rings (SSSR count). The summed E-state index contributed by atoms with van der Waals surface area (Å²) < 4.78 is 0. The first-order valence-corrected chi connectivity index (χ1v) is 6.24. The lowest BCUT2D eigenvalue weighted by Crippen LogP contribution is -1.96. The van der Waals surface area contributed by atoms with Gasteiger partial charge in [0.05, 0.1) is 16.9 Å². The first kappa shape index (κ1) is 11.7. The predicted molar refractivity (Wildman–Crippen MR) is 78.9 cm³/mol. The Labute approximate surface area is 112 Å². The van der Waals surface area contributed by atoms with E-state index in [1.807, 2.05) is 38.1 Å². The standard InChI is InChI=1S/C16H15N3/c1-10-7-8-18-16(15(10)17)13-5-6-14-12(9-13)4-3-11(2)19-14/h3-9H,17H2,1-2H3. The molecule has 0 fully saturated rings. The largest absolute Gasteiger partial charge is 0.397 e. The zero-order valence-corrected chi connectivity index (χ0v) is 11.0. The van der Waals surface area contributed by atoms with Crippen LogP contribution in [0.15, 0.2) is 42.6 Å². The molecule has 19 heavy (non-hydrogen) atoms. The molecule has 3 nitrogen and oxygen atoms in total. The van der Waals surface area contributed by atoms with Crippen molar-refractivity contribution in [1.29, 1.82) is 0 Å². The van der Waals surface area contributed by atoms with Gasteiger partial charge < -0.3 is 5.73 Å². The summed E-state index contributed by atoms with van der Waals surface area (Å²) in [6, 6.07) is 12.1. The Balaban J connectivity index is 2.20. The Hall–Kier alpha value is -2.42. The quantitative estimate of drug-likeness (QED) is 0.718. The molecule has 94 valence electrons. The van der Waals surface area contributed by atoms with Gasteiger partial charge in [-0.25, -0.2) is 0 Å². The molecular formula is C16H15N3. The summed E-state index contributed by atoms with van der Waals surface area (Å²) in [6.45, 7) is 3.99. The van der Waals surface area contributed by atoms with Crippen molar-refractivity contribution in [2.24, 2.45) is 0 Å². The van der Waals surface area contributed by atoms with E-state index in [9.17, 15) is 0 Å². The first-order valence-electron chi connectivity index (χ1n) is 6.24. The van der Waals surface area contributed by atoms with Crippen LogP contribution in [0.2, 0.25) is 0 Å². The summed E-state index contributed by atoms with van der Waals surface area (Å²) in [5, 5.41) is 1.10. The van der Waals surface area contributed by atoms with Crippen LogP contribution in [0.1, 0.15) is 11.3 Å². The highest BCUT2D eigenvalue weighted by Crippen LogP contribution is 2.28. The highest BCUT2D eigenvalue weighted by Gasteiger charge is 2.07. The lowest BCUT2D eigenvalue weighted by Gasteiger charge is -2.08. The van der Waals surface area contributed by atoms with Gasteiger partial charge in [0.1, 0.15) is 0 Å². The van der Waals surface area contributed by atoms with Crippen LogP contribution in [0, 0.1) is 13.8 Å². The average Bonchev–Trinajstić information content (AvgIpc) is 2.41. The van der Waals surface area contributed by atoms with Crippen molar-refractivity contribution in [3.05, 3.63) is 53.9 Å². The monoisotopic (exact) mass is 249 g/mol. The maximum absolute atomic E-state index is 6.10. The van der Waals surface area contributed by atoms with Gasteiger partial charge in [-0.15, -0.1) is 0 Å². The molecule has 1 aromatic carbocycles. The Morgan fingerprint density at radius 1 is 1.00 bits per heavy atom. The summed E-state index contributed by atoms with van der Waals surface area (Å²) in [5.41, 5.74) is 11.8. The maximum atomic E-state index is 6.10. The van der Waals surface area contributed by atoms with Gasteiger partial charge in [-0.3, -0.25) is 9.97 Å². The SMILES string of the molecule is Cc1ccc2cc(-c3nccc(C)c3N)ccc2n1. The molecule has 3 aromatic rings. The number of hydrogen-bond donors (Lipinski definition) is 1. The Morgan fingerprint density at radius 3 is 2.68 bits per heavy atom. The number of anilines is 1. The molecule has 0 radical (unpaired) electrons. The zero-order chi connectivity index (χ0) is 13.4. The van der Waals surface area contributed by atoms with Gasteiger partial charge >= 0.3 is 0 Å². The minimum Gasteiger partial charge on any atom is -0.397 e. The molecule has 0 saturated carbocycles. The fourth-order valence-electron chi connectivity index (χ4n) is 2.17. The lowest BCUT2D eigenvalue weighted by atomic mass is 10.0. The molecule has 0 amide bonds. The summed E-state index contributed by atoms with van der Waals surface area (Å²) in [4.78, 5) is 8.89. The van der Waals surface area contributed by atoms with Crippen molar-refractivity contribution < 1.29 is 0 Å². The van der Waals surface area contributed by atoms with Gasteiger partial charge in [-0.2, -0.15) is 0 Å². The molecule has 0 aliphatic heterocycles. The smallest absolute Gasteiger partial charge is 0.0934 e. The second kappa shape index (κ2) is 4.35. The molecular weight excluding hydrogens is 234 g/mol. The number of hydrogen-bond acceptors (Lipinski definition) is 3. The Bertz CT molecular complexity index is 763. The average molecular weight is 249 g/mol. The van der Waals surface area contributed by atoms with Gasteiger partial charge in [-0.05, 0) is 43.7 Å². The number of nitrogens with zero attached hydrogens (tertiary/aromatic N) is 2. The lowest BCUT2D eigenvalue weighted by molar-refractivity contribution is 1.25. The van der Waals surface area contributed by atoms with Crippen molar-refractivity contribution in [3.63, 3.8) is 0 Å². The van der Waals surface area contributed by atoms with E-state index >= 15 is 0 Å². The van der Waals surface area contributed by atoms with Crippen LogP contribution >= 0.6 is 0 Å². The molecule has 0 spiro atoms. The van der Waals surface area contributed by atoms with Gasteiger partial charge in [0, 0.05) is 22.8 Å². The predicted octanol–water partition coefficient (Wildman–Crippen LogP) is 3.50. The van der Waals surface area contributed by atoms with Gasteiger partial charge in [0.15, 0.2) is 0 Å². The van der Waals surface area contributed by atoms with Crippen molar-refractivity contribution in [2.45, 2.75) is 13.8 Å². The number of rotatable bonds is 1. The molecule has 0 bridgehead atoms. The first-order chi connectivity index (χ1) is 9.15. The third kappa shape index (κ3) is 2.03. The van der Waals surface area contributed by atoms with Crippen LogP contribution in [0.5, 0.6) is 0 Å².